The monoisotopic (exact) mass is 200 g/mol. The van der Waals surface area contributed by atoms with Gasteiger partial charge in [0.2, 0.25) is 5.91 Å². The molecule has 0 radical (unpaired) electrons. The third-order valence-corrected chi connectivity index (χ3v) is 2.68. The second-order valence-corrected chi connectivity index (χ2v) is 3.67. The van der Waals surface area contributed by atoms with E-state index < -0.39 is 19.1 Å². The number of carbonyl (C=O) groups excluding carboxylic acids is 1. The van der Waals surface area contributed by atoms with Crippen LogP contribution in [0.3, 0.4) is 0 Å². The van der Waals surface area contributed by atoms with Crippen molar-refractivity contribution in [1.82, 2.24) is 4.90 Å². The first-order valence-electron chi connectivity index (χ1n) is 5.00. The maximum Gasteiger partial charge on any atom is 0.475 e. The standard InChI is InChI=1S/C8H17BN2O3/c1-2-6(10)8(12)11-5-3-4-7(11)9(13)14/h6-7,13-14H,2-5,10H2,1H3/t6-,7-/m0/s1. The van der Waals surface area contributed by atoms with E-state index in [1.165, 1.54) is 4.90 Å². The summed E-state index contributed by atoms with van der Waals surface area (Å²) < 4.78 is 0. The highest BCUT2D eigenvalue weighted by Crippen LogP contribution is 2.19. The molecule has 1 saturated heterocycles. The molecule has 5 nitrogen and oxygen atoms in total. The number of likely N-dealkylation sites (tertiary alicyclic amines) is 1. The van der Waals surface area contributed by atoms with Crippen LogP contribution in [-0.4, -0.2) is 46.5 Å². The van der Waals surface area contributed by atoms with Gasteiger partial charge < -0.3 is 20.7 Å². The maximum atomic E-state index is 11.7. The van der Waals surface area contributed by atoms with Gasteiger partial charge in [-0.05, 0) is 19.3 Å². The number of rotatable bonds is 3. The molecule has 1 amide bonds. The summed E-state index contributed by atoms with van der Waals surface area (Å²) in [5, 5.41) is 18.1. The molecule has 1 heterocycles. The quantitative estimate of drug-likeness (QED) is 0.495. The van der Waals surface area contributed by atoms with Crippen molar-refractivity contribution >= 4 is 13.0 Å². The molecule has 0 aromatic rings. The zero-order valence-electron chi connectivity index (χ0n) is 8.39. The van der Waals surface area contributed by atoms with E-state index in [1.54, 1.807) is 0 Å². The lowest BCUT2D eigenvalue weighted by Gasteiger charge is -2.26. The van der Waals surface area contributed by atoms with Gasteiger partial charge in [-0.25, -0.2) is 0 Å². The van der Waals surface area contributed by atoms with E-state index in [0.29, 0.717) is 19.4 Å². The normalized spacial score (nSPS) is 23.7. The van der Waals surface area contributed by atoms with Crippen LogP contribution in [0.1, 0.15) is 26.2 Å². The molecule has 0 aromatic heterocycles. The summed E-state index contributed by atoms with van der Waals surface area (Å²) in [7, 11) is -1.45. The Hall–Kier alpha value is -0.585. The van der Waals surface area contributed by atoms with Crippen LogP contribution in [0.2, 0.25) is 0 Å². The largest absolute Gasteiger partial charge is 0.475 e. The molecule has 0 aromatic carbocycles. The minimum absolute atomic E-state index is 0.178. The van der Waals surface area contributed by atoms with Gasteiger partial charge in [0, 0.05) is 6.54 Å². The molecular weight excluding hydrogens is 183 g/mol. The van der Waals surface area contributed by atoms with E-state index >= 15 is 0 Å². The van der Waals surface area contributed by atoms with Crippen molar-refractivity contribution in [3.63, 3.8) is 0 Å². The number of hydrogen-bond donors (Lipinski definition) is 3. The Morgan fingerprint density at radius 3 is 2.86 bits per heavy atom. The molecule has 1 rings (SSSR count). The van der Waals surface area contributed by atoms with Crippen LogP contribution in [0.25, 0.3) is 0 Å². The summed E-state index contributed by atoms with van der Waals surface area (Å²) in [5.74, 6) is -0.650. The van der Waals surface area contributed by atoms with E-state index in [4.69, 9.17) is 15.8 Å². The van der Waals surface area contributed by atoms with Crippen LogP contribution in [0.4, 0.5) is 0 Å². The van der Waals surface area contributed by atoms with E-state index in [2.05, 4.69) is 0 Å². The first kappa shape index (κ1) is 11.5. The fourth-order valence-corrected chi connectivity index (χ4v) is 1.76. The molecule has 1 aliphatic heterocycles. The van der Waals surface area contributed by atoms with Crippen LogP contribution in [-0.2, 0) is 4.79 Å². The molecule has 0 saturated carbocycles. The number of carbonyl (C=O) groups is 1. The molecule has 0 spiro atoms. The lowest BCUT2D eigenvalue weighted by molar-refractivity contribution is -0.132. The summed E-state index contributed by atoms with van der Waals surface area (Å²) in [6, 6.07) is -0.519. The van der Waals surface area contributed by atoms with Crippen LogP contribution in [0.15, 0.2) is 0 Å². The molecule has 0 bridgehead atoms. The molecular formula is C8H17BN2O3. The van der Waals surface area contributed by atoms with Crippen molar-refractivity contribution in [2.24, 2.45) is 5.73 Å². The van der Waals surface area contributed by atoms with E-state index in [9.17, 15) is 4.79 Å². The average molecular weight is 200 g/mol. The Labute approximate surface area is 84.0 Å². The van der Waals surface area contributed by atoms with Gasteiger partial charge in [0.05, 0.1) is 12.0 Å². The summed E-state index contributed by atoms with van der Waals surface area (Å²) >= 11 is 0. The summed E-state index contributed by atoms with van der Waals surface area (Å²) in [6.07, 6.45) is 2.02. The molecule has 1 aliphatic rings. The smallest absolute Gasteiger partial charge is 0.426 e. The van der Waals surface area contributed by atoms with Gasteiger partial charge in [-0.15, -0.1) is 0 Å². The molecule has 80 valence electrons. The van der Waals surface area contributed by atoms with Crippen LogP contribution >= 0.6 is 0 Å². The molecule has 6 heteroatoms. The van der Waals surface area contributed by atoms with Gasteiger partial charge >= 0.3 is 7.12 Å². The molecule has 0 unspecified atom stereocenters. The lowest BCUT2D eigenvalue weighted by Crippen LogP contribution is -2.51. The minimum atomic E-state index is -1.45. The zero-order chi connectivity index (χ0) is 10.7. The van der Waals surface area contributed by atoms with Crippen molar-refractivity contribution in [3.8, 4) is 0 Å². The van der Waals surface area contributed by atoms with E-state index in [-0.39, 0.29) is 5.91 Å². The third kappa shape index (κ3) is 2.26. The topological polar surface area (TPSA) is 86.8 Å². The number of amides is 1. The van der Waals surface area contributed by atoms with Crippen molar-refractivity contribution in [3.05, 3.63) is 0 Å². The van der Waals surface area contributed by atoms with Crippen molar-refractivity contribution in [2.45, 2.75) is 38.2 Å². The Bertz CT molecular complexity index is 213. The zero-order valence-corrected chi connectivity index (χ0v) is 8.39. The summed E-state index contributed by atoms with van der Waals surface area (Å²) in [4.78, 5) is 13.2. The van der Waals surface area contributed by atoms with Gasteiger partial charge in [-0.1, -0.05) is 6.92 Å². The first-order chi connectivity index (χ1) is 6.57. The second kappa shape index (κ2) is 4.77. The van der Waals surface area contributed by atoms with Gasteiger partial charge in [0.15, 0.2) is 0 Å². The van der Waals surface area contributed by atoms with Crippen LogP contribution < -0.4 is 5.73 Å². The van der Waals surface area contributed by atoms with Gasteiger partial charge in [0.1, 0.15) is 0 Å². The van der Waals surface area contributed by atoms with Gasteiger partial charge in [0.25, 0.3) is 0 Å². The minimum Gasteiger partial charge on any atom is -0.426 e. The number of nitrogens with two attached hydrogens (primary N) is 1. The Balaban J connectivity index is 2.62. The fourth-order valence-electron chi connectivity index (χ4n) is 1.76. The number of hydrogen-bond acceptors (Lipinski definition) is 4. The van der Waals surface area contributed by atoms with E-state index in [0.717, 1.165) is 6.42 Å². The molecule has 1 fully saturated rings. The predicted molar refractivity (Wildman–Crippen MR) is 53.2 cm³/mol. The van der Waals surface area contributed by atoms with Crippen LogP contribution in [0, 0.1) is 0 Å². The van der Waals surface area contributed by atoms with Crippen molar-refractivity contribution in [1.29, 1.82) is 0 Å². The lowest BCUT2D eigenvalue weighted by atomic mass is 9.77. The van der Waals surface area contributed by atoms with Crippen molar-refractivity contribution < 1.29 is 14.8 Å². The first-order valence-corrected chi connectivity index (χ1v) is 5.00. The Kier molecular flexibility index (Phi) is 3.91. The highest BCUT2D eigenvalue weighted by molar-refractivity contribution is 6.43. The SMILES string of the molecule is CC[C@H](N)C(=O)N1CCC[C@H]1B(O)O. The van der Waals surface area contributed by atoms with E-state index in [1.807, 2.05) is 6.92 Å². The van der Waals surface area contributed by atoms with Crippen molar-refractivity contribution in [2.75, 3.05) is 6.54 Å². The highest BCUT2D eigenvalue weighted by Gasteiger charge is 2.37. The molecule has 0 aliphatic carbocycles. The second-order valence-electron chi connectivity index (χ2n) is 3.67. The van der Waals surface area contributed by atoms with Gasteiger partial charge in [-0.3, -0.25) is 4.79 Å². The summed E-state index contributed by atoms with van der Waals surface area (Å²) in [5.41, 5.74) is 5.60. The molecule has 14 heavy (non-hydrogen) atoms. The third-order valence-electron chi connectivity index (χ3n) is 2.68. The van der Waals surface area contributed by atoms with Crippen LogP contribution in [0.5, 0.6) is 0 Å². The molecule has 4 N–H and O–H groups in total. The fraction of sp³-hybridized carbons (Fsp3) is 0.875. The summed E-state index contributed by atoms with van der Waals surface area (Å²) in [6.45, 7) is 2.41. The maximum absolute atomic E-state index is 11.7. The molecule has 2 atom stereocenters. The number of nitrogens with zero attached hydrogens (tertiary/aromatic N) is 1. The Morgan fingerprint density at radius 2 is 2.36 bits per heavy atom. The highest BCUT2D eigenvalue weighted by atomic mass is 16.4. The predicted octanol–water partition coefficient (Wildman–Crippen LogP) is -1.27. The average Bonchev–Trinajstić information content (AvgIpc) is 2.63. The van der Waals surface area contributed by atoms with Gasteiger partial charge in [-0.2, -0.15) is 0 Å². The Morgan fingerprint density at radius 1 is 1.71 bits per heavy atom.